The zero-order chi connectivity index (χ0) is 19.4. The first-order valence-corrected chi connectivity index (χ1v) is 8.20. The van der Waals surface area contributed by atoms with Gasteiger partial charge in [0.2, 0.25) is 0 Å². The highest BCUT2D eigenvalue weighted by molar-refractivity contribution is 5.94. The first-order valence-electron chi connectivity index (χ1n) is 8.20. The molecule has 3 aromatic heterocycles. The average molecular weight is 372 g/mol. The summed E-state index contributed by atoms with van der Waals surface area (Å²) in [5, 5.41) is 6.63. The molecule has 0 saturated heterocycles. The van der Waals surface area contributed by atoms with Gasteiger partial charge in [0.25, 0.3) is 5.91 Å². The van der Waals surface area contributed by atoms with Crippen molar-refractivity contribution in [2.24, 2.45) is 0 Å². The van der Waals surface area contributed by atoms with Crippen LogP contribution in [0, 0.1) is 6.92 Å². The van der Waals surface area contributed by atoms with Gasteiger partial charge < -0.3 is 5.32 Å². The quantitative estimate of drug-likeness (QED) is 0.718. The first kappa shape index (κ1) is 18.6. The van der Waals surface area contributed by atoms with E-state index < -0.39 is 24.8 Å². The van der Waals surface area contributed by atoms with Crippen molar-refractivity contribution in [3.05, 3.63) is 54.4 Å². The normalized spacial score (nSPS) is 11.4. The van der Waals surface area contributed by atoms with Crippen molar-refractivity contribution >= 4 is 5.91 Å². The SMILES string of the molecule is Cc1cnc(-c2cc(C(=O)NC(C)(CF)CF)nn2-c2cccnc2)cn1. The molecule has 3 heterocycles. The van der Waals surface area contributed by atoms with Gasteiger partial charge in [-0.1, -0.05) is 0 Å². The predicted octanol–water partition coefficient (Wildman–Crippen LogP) is 2.46. The van der Waals surface area contributed by atoms with Crippen LogP contribution in [0.1, 0.15) is 23.1 Å². The van der Waals surface area contributed by atoms with Gasteiger partial charge in [0.15, 0.2) is 5.69 Å². The molecule has 27 heavy (non-hydrogen) atoms. The van der Waals surface area contributed by atoms with Crippen molar-refractivity contribution in [3.8, 4) is 17.1 Å². The van der Waals surface area contributed by atoms with Crippen LogP contribution in [0.4, 0.5) is 8.78 Å². The number of carbonyl (C=O) groups excluding carboxylic acids is 1. The highest BCUT2D eigenvalue weighted by Gasteiger charge is 2.29. The molecule has 0 aliphatic carbocycles. The molecule has 0 aliphatic rings. The van der Waals surface area contributed by atoms with Crippen LogP contribution in [-0.4, -0.2) is 49.5 Å². The maximum Gasteiger partial charge on any atom is 0.272 e. The van der Waals surface area contributed by atoms with Crippen LogP contribution in [-0.2, 0) is 0 Å². The lowest BCUT2D eigenvalue weighted by atomic mass is 10.1. The number of amides is 1. The van der Waals surface area contributed by atoms with Gasteiger partial charge in [-0.05, 0) is 32.0 Å². The van der Waals surface area contributed by atoms with E-state index in [-0.39, 0.29) is 5.69 Å². The molecule has 1 N–H and O–H groups in total. The van der Waals surface area contributed by atoms with Crippen molar-refractivity contribution in [2.75, 3.05) is 13.3 Å². The second-order valence-corrected chi connectivity index (χ2v) is 6.36. The summed E-state index contributed by atoms with van der Waals surface area (Å²) in [6.07, 6.45) is 6.35. The molecular formula is C18H18F2N6O. The molecule has 0 aliphatic heterocycles. The second kappa shape index (κ2) is 7.56. The number of hydrogen-bond donors (Lipinski definition) is 1. The van der Waals surface area contributed by atoms with Crippen molar-refractivity contribution < 1.29 is 13.6 Å². The summed E-state index contributed by atoms with van der Waals surface area (Å²) in [4.78, 5) is 25.1. The molecule has 3 rings (SSSR count). The smallest absolute Gasteiger partial charge is 0.272 e. The van der Waals surface area contributed by atoms with Crippen molar-refractivity contribution in [1.29, 1.82) is 0 Å². The van der Waals surface area contributed by atoms with E-state index in [0.717, 1.165) is 5.69 Å². The number of carbonyl (C=O) groups is 1. The molecular weight excluding hydrogens is 354 g/mol. The fourth-order valence-electron chi connectivity index (χ4n) is 2.32. The third kappa shape index (κ3) is 3.97. The lowest BCUT2D eigenvalue weighted by Gasteiger charge is -2.23. The summed E-state index contributed by atoms with van der Waals surface area (Å²) in [6.45, 7) is 1.03. The van der Waals surface area contributed by atoms with Gasteiger partial charge in [-0.3, -0.25) is 19.7 Å². The summed E-state index contributed by atoms with van der Waals surface area (Å²) in [7, 11) is 0. The minimum atomic E-state index is -1.60. The Kier molecular flexibility index (Phi) is 5.20. The lowest BCUT2D eigenvalue weighted by molar-refractivity contribution is 0.0861. The van der Waals surface area contributed by atoms with E-state index in [2.05, 4.69) is 25.4 Å². The Morgan fingerprint density at radius 1 is 1.22 bits per heavy atom. The minimum absolute atomic E-state index is 0.00403. The zero-order valence-corrected chi connectivity index (χ0v) is 14.9. The fraction of sp³-hybridized carbons (Fsp3) is 0.278. The maximum absolute atomic E-state index is 13.1. The predicted molar refractivity (Wildman–Crippen MR) is 94.9 cm³/mol. The first-order chi connectivity index (χ1) is 13.0. The Bertz CT molecular complexity index is 923. The highest BCUT2D eigenvalue weighted by atomic mass is 19.1. The molecule has 140 valence electrons. The van der Waals surface area contributed by atoms with Crippen LogP contribution >= 0.6 is 0 Å². The Morgan fingerprint density at radius 3 is 2.59 bits per heavy atom. The van der Waals surface area contributed by atoms with E-state index in [1.54, 1.807) is 36.9 Å². The summed E-state index contributed by atoms with van der Waals surface area (Å²) in [5.41, 5.74) is 0.749. The molecule has 0 fully saturated rings. The van der Waals surface area contributed by atoms with Gasteiger partial charge >= 0.3 is 0 Å². The molecule has 0 aromatic carbocycles. The van der Waals surface area contributed by atoms with Gasteiger partial charge in [0.1, 0.15) is 19.0 Å². The van der Waals surface area contributed by atoms with Crippen LogP contribution in [0.25, 0.3) is 17.1 Å². The second-order valence-electron chi connectivity index (χ2n) is 6.36. The van der Waals surface area contributed by atoms with Crippen LogP contribution in [0.15, 0.2) is 43.0 Å². The Balaban J connectivity index is 2.04. The number of alkyl halides is 2. The molecule has 0 unspecified atom stereocenters. The number of pyridine rings is 1. The standard InChI is InChI=1S/C18H18F2N6O/c1-12-7-23-15(9-22-12)16-6-14(17(27)24-18(2,10-19)11-20)25-26(16)13-4-3-5-21-8-13/h3-9H,10-11H2,1-2H3,(H,24,27). The molecule has 0 bridgehead atoms. The van der Waals surface area contributed by atoms with E-state index in [4.69, 9.17) is 0 Å². The van der Waals surface area contributed by atoms with Gasteiger partial charge in [-0.2, -0.15) is 5.10 Å². The van der Waals surface area contributed by atoms with E-state index >= 15 is 0 Å². The van der Waals surface area contributed by atoms with Crippen LogP contribution in [0.5, 0.6) is 0 Å². The number of aromatic nitrogens is 5. The van der Waals surface area contributed by atoms with Crippen LogP contribution in [0.2, 0.25) is 0 Å². The summed E-state index contributed by atoms with van der Waals surface area (Å²) >= 11 is 0. The van der Waals surface area contributed by atoms with E-state index in [1.807, 2.05) is 6.92 Å². The Labute approximate surface area is 154 Å². The largest absolute Gasteiger partial charge is 0.340 e. The van der Waals surface area contributed by atoms with E-state index in [0.29, 0.717) is 17.1 Å². The molecule has 0 atom stereocenters. The van der Waals surface area contributed by atoms with Crippen molar-refractivity contribution in [3.63, 3.8) is 0 Å². The molecule has 7 nitrogen and oxygen atoms in total. The molecule has 0 saturated carbocycles. The number of aryl methyl sites for hydroxylation is 1. The third-order valence-electron chi connectivity index (χ3n) is 3.88. The van der Waals surface area contributed by atoms with Gasteiger partial charge in [0.05, 0.1) is 35.0 Å². The average Bonchev–Trinajstić information content (AvgIpc) is 3.15. The van der Waals surface area contributed by atoms with E-state index in [1.165, 1.54) is 17.7 Å². The zero-order valence-electron chi connectivity index (χ0n) is 14.9. The number of nitrogens with zero attached hydrogens (tertiary/aromatic N) is 5. The van der Waals surface area contributed by atoms with Gasteiger partial charge in [-0.15, -0.1) is 0 Å². The van der Waals surface area contributed by atoms with Crippen molar-refractivity contribution in [1.82, 2.24) is 30.0 Å². The number of nitrogens with one attached hydrogen (secondary N) is 1. The minimum Gasteiger partial charge on any atom is -0.340 e. The van der Waals surface area contributed by atoms with Gasteiger partial charge in [-0.25, -0.2) is 13.5 Å². The monoisotopic (exact) mass is 372 g/mol. The van der Waals surface area contributed by atoms with Crippen LogP contribution < -0.4 is 5.32 Å². The number of halogens is 2. The molecule has 3 aromatic rings. The number of rotatable bonds is 6. The molecule has 1 amide bonds. The third-order valence-corrected chi connectivity index (χ3v) is 3.88. The molecule has 9 heteroatoms. The van der Waals surface area contributed by atoms with E-state index in [9.17, 15) is 13.6 Å². The number of hydrogen-bond acceptors (Lipinski definition) is 5. The Morgan fingerprint density at radius 2 is 2.00 bits per heavy atom. The highest BCUT2D eigenvalue weighted by Crippen LogP contribution is 2.22. The van der Waals surface area contributed by atoms with Gasteiger partial charge in [0, 0.05) is 12.4 Å². The van der Waals surface area contributed by atoms with Crippen LogP contribution in [0.3, 0.4) is 0 Å². The molecule has 0 radical (unpaired) electrons. The van der Waals surface area contributed by atoms with Crippen molar-refractivity contribution in [2.45, 2.75) is 19.4 Å². The topological polar surface area (TPSA) is 85.6 Å². The lowest BCUT2D eigenvalue weighted by Crippen LogP contribution is -2.49. The summed E-state index contributed by atoms with van der Waals surface area (Å²) < 4.78 is 27.6. The summed E-state index contributed by atoms with van der Waals surface area (Å²) in [5.74, 6) is -0.684. The maximum atomic E-state index is 13.1. The molecule has 0 spiro atoms. The Hall–Kier alpha value is -3.23. The summed E-state index contributed by atoms with van der Waals surface area (Å²) in [6, 6.07) is 4.99. The fourth-order valence-corrected chi connectivity index (χ4v) is 2.32.